The third-order valence-corrected chi connectivity index (χ3v) is 3.48. The smallest absolute Gasteiger partial charge is 0.135 e. The Hall–Kier alpha value is -2.10. The molecule has 0 bridgehead atoms. The highest BCUT2D eigenvalue weighted by atomic mass is 16.5. The zero-order valence-corrected chi connectivity index (χ0v) is 12.1. The van der Waals surface area contributed by atoms with E-state index in [2.05, 4.69) is 23.5 Å². The van der Waals surface area contributed by atoms with Gasteiger partial charge in [-0.05, 0) is 18.7 Å². The number of furan rings is 1. The molecule has 0 fully saturated rings. The lowest BCUT2D eigenvalue weighted by atomic mass is 10.1. The zero-order chi connectivity index (χ0) is 14.5. The van der Waals surface area contributed by atoms with Gasteiger partial charge in [-0.2, -0.15) is 0 Å². The molecule has 1 aromatic heterocycles. The van der Waals surface area contributed by atoms with E-state index in [0.29, 0.717) is 13.2 Å². The molecule has 0 aliphatic rings. The summed E-state index contributed by atoms with van der Waals surface area (Å²) in [6.45, 7) is 1.86. The van der Waals surface area contributed by atoms with E-state index in [1.807, 2.05) is 43.4 Å². The molecule has 0 atom stereocenters. The number of fused-ring (bicyclic) bond motifs is 1. The van der Waals surface area contributed by atoms with E-state index < -0.39 is 0 Å². The van der Waals surface area contributed by atoms with Crippen molar-refractivity contribution >= 4 is 11.0 Å². The van der Waals surface area contributed by atoms with Gasteiger partial charge in [-0.15, -0.1) is 0 Å². The summed E-state index contributed by atoms with van der Waals surface area (Å²) in [4.78, 5) is 0. The van der Waals surface area contributed by atoms with Gasteiger partial charge in [-0.1, -0.05) is 48.5 Å². The molecule has 0 unspecified atom stereocenters. The first kappa shape index (κ1) is 13.9. The van der Waals surface area contributed by atoms with E-state index in [1.54, 1.807) is 0 Å². The third kappa shape index (κ3) is 3.15. The first-order chi connectivity index (χ1) is 10.4. The van der Waals surface area contributed by atoms with Gasteiger partial charge < -0.3 is 14.5 Å². The molecule has 0 aliphatic heterocycles. The van der Waals surface area contributed by atoms with Gasteiger partial charge in [0.1, 0.15) is 18.0 Å². The summed E-state index contributed by atoms with van der Waals surface area (Å²) in [5, 5.41) is 4.35. The lowest BCUT2D eigenvalue weighted by molar-refractivity contribution is 0.0933. The highest BCUT2D eigenvalue weighted by Gasteiger charge is 2.13. The van der Waals surface area contributed by atoms with Gasteiger partial charge >= 0.3 is 0 Å². The summed E-state index contributed by atoms with van der Waals surface area (Å²) in [5.41, 5.74) is 3.27. The number of ether oxygens (including phenoxy) is 1. The van der Waals surface area contributed by atoms with Crippen molar-refractivity contribution in [3.63, 3.8) is 0 Å². The van der Waals surface area contributed by atoms with Crippen LogP contribution in [0.2, 0.25) is 0 Å². The summed E-state index contributed by atoms with van der Waals surface area (Å²) in [7, 11) is 1.94. The maximum Gasteiger partial charge on any atom is 0.135 e. The van der Waals surface area contributed by atoms with Gasteiger partial charge in [0.15, 0.2) is 0 Å². The molecule has 21 heavy (non-hydrogen) atoms. The highest BCUT2D eigenvalue weighted by molar-refractivity contribution is 5.82. The van der Waals surface area contributed by atoms with Crippen molar-refractivity contribution in [3.05, 3.63) is 71.5 Å². The minimum Gasteiger partial charge on any atom is -0.458 e. The fraction of sp³-hybridized carbons (Fsp3) is 0.222. The van der Waals surface area contributed by atoms with Crippen LogP contribution in [0.3, 0.4) is 0 Å². The van der Waals surface area contributed by atoms with Gasteiger partial charge in [-0.25, -0.2) is 0 Å². The van der Waals surface area contributed by atoms with Crippen LogP contribution in [-0.4, -0.2) is 7.05 Å². The fourth-order valence-corrected chi connectivity index (χ4v) is 2.47. The second kappa shape index (κ2) is 6.57. The Bertz CT molecular complexity index is 704. The third-order valence-electron chi connectivity index (χ3n) is 3.48. The quantitative estimate of drug-likeness (QED) is 0.745. The molecule has 108 valence electrons. The topological polar surface area (TPSA) is 34.4 Å². The molecule has 0 spiro atoms. The van der Waals surface area contributed by atoms with E-state index in [9.17, 15) is 0 Å². The van der Waals surface area contributed by atoms with Crippen LogP contribution in [0.15, 0.2) is 59.0 Å². The zero-order valence-electron chi connectivity index (χ0n) is 12.1. The van der Waals surface area contributed by atoms with Crippen LogP contribution in [0.25, 0.3) is 11.0 Å². The predicted molar refractivity (Wildman–Crippen MR) is 83.9 cm³/mol. The number of benzene rings is 2. The molecule has 2 aromatic carbocycles. The number of para-hydroxylation sites is 1. The first-order valence-corrected chi connectivity index (χ1v) is 7.14. The Labute approximate surface area is 124 Å². The van der Waals surface area contributed by atoms with Crippen molar-refractivity contribution in [2.75, 3.05) is 7.05 Å². The molecule has 3 nitrogen and oxygen atoms in total. The maximum absolute atomic E-state index is 5.92. The van der Waals surface area contributed by atoms with Gasteiger partial charge in [0, 0.05) is 17.5 Å². The Morgan fingerprint density at radius 1 is 0.952 bits per heavy atom. The molecule has 3 aromatic rings. The van der Waals surface area contributed by atoms with Crippen LogP contribution in [0.4, 0.5) is 0 Å². The average Bonchev–Trinajstić information content (AvgIpc) is 2.87. The molecule has 3 rings (SSSR count). The molecule has 1 N–H and O–H groups in total. The van der Waals surface area contributed by atoms with Crippen molar-refractivity contribution in [3.8, 4) is 0 Å². The first-order valence-electron chi connectivity index (χ1n) is 7.14. The largest absolute Gasteiger partial charge is 0.458 e. The lowest BCUT2D eigenvalue weighted by Gasteiger charge is -2.05. The van der Waals surface area contributed by atoms with Crippen molar-refractivity contribution in [2.24, 2.45) is 0 Å². The molecule has 3 heteroatoms. The molecule has 0 saturated carbocycles. The van der Waals surface area contributed by atoms with Crippen molar-refractivity contribution in [1.82, 2.24) is 5.32 Å². The van der Waals surface area contributed by atoms with Crippen LogP contribution in [0, 0.1) is 0 Å². The molecule has 0 aliphatic carbocycles. The van der Waals surface area contributed by atoms with E-state index in [0.717, 1.165) is 23.3 Å². The van der Waals surface area contributed by atoms with Crippen LogP contribution in [-0.2, 0) is 24.5 Å². The fourth-order valence-electron chi connectivity index (χ4n) is 2.47. The Kier molecular flexibility index (Phi) is 4.34. The van der Waals surface area contributed by atoms with Crippen molar-refractivity contribution in [1.29, 1.82) is 0 Å². The van der Waals surface area contributed by atoms with Gasteiger partial charge in [0.2, 0.25) is 0 Å². The van der Waals surface area contributed by atoms with E-state index in [1.165, 1.54) is 11.1 Å². The van der Waals surface area contributed by atoms with Crippen molar-refractivity contribution in [2.45, 2.75) is 19.8 Å². The van der Waals surface area contributed by atoms with E-state index in [-0.39, 0.29) is 0 Å². The minimum absolute atomic E-state index is 0.487. The molecule has 0 saturated heterocycles. The lowest BCUT2D eigenvalue weighted by Crippen LogP contribution is -2.07. The number of hydrogen-bond donors (Lipinski definition) is 1. The van der Waals surface area contributed by atoms with Crippen LogP contribution >= 0.6 is 0 Å². The Morgan fingerprint density at radius 2 is 1.71 bits per heavy atom. The SMILES string of the molecule is CNCc1c(COCc2ccccc2)oc2ccccc12. The Morgan fingerprint density at radius 3 is 2.52 bits per heavy atom. The summed E-state index contributed by atoms with van der Waals surface area (Å²) in [6, 6.07) is 18.3. The summed E-state index contributed by atoms with van der Waals surface area (Å²) in [6.07, 6.45) is 0. The molecule has 1 heterocycles. The minimum atomic E-state index is 0.487. The molecule has 0 radical (unpaired) electrons. The van der Waals surface area contributed by atoms with Gasteiger partial charge in [0.25, 0.3) is 0 Å². The van der Waals surface area contributed by atoms with E-state index in [4.69, 9.17) is 9.15 Å². The number of hydrogen-bond acceptors (Lipinski definition) is 3. The second-order valence-corrected chi connectivity index (χ2v) is 5.01. The average molecular weight is 281 g/mol. The molecular weight excluding hydrogens is 262 g/mol. The monoisotopic (exact) mass is 281 g/mol. The Balaban J connectivity index is 1.75. The summed E-state index contributed by atoms with van der Waals surface area (Å²) >= 11 is 0. The maximum atomic E-state index is 5.92. The summed E-state index contributed by atoms with van der Waals surface area (Å²) in [5.74, 6) is 0.904. The standard InChI is InChI=1S/C18H19NO2/c1-19-11-16-15-9-5-6-10-17(15)21-18(16)13-20-12-14-7-3-2-4-8-14/h2-10,19H,11-13H2,1H3. The van der Waals surface area contributed by atoms with Crippen molar-refractivity contribution < 1.29 is 9.15 Å². The normalized spacial score (nSPS) is 11.1. The summed E-state index contributed by atoms with van der Waals surface area (Å²) < 4.78 is 11.7. The second-order valence-electron chi connectivity index (χ2n) is 5.01. The van der Waals surface area contributed by atoms with Gasteiger partial charge in [-0.3, -0.25) is 0 Å². The number of rotatable bonds is 6. The molecule has 0 amide bonds. The molecular formula is C18H19NO2. The highest BCUT2D eigenvalue weighted by Crippen LogP contribution is 2.26. The van der Waals surface area contributed by atoms with Crippen LogP contribution in [0.1, 0.15) is 16.9 Å². The van der Waals surface area contributed by atoms with Crippen LogP contribution < -0.4 is 5.32 Å². The number of nitrogens with one attached hydrogen (secondary N) is 1. The predicted octanol–water partition coefficient (Wildman–Crippen LogP) is 3.87. The van der Waals surface area contributed by atoms with E-state index >= 15 is 0 Å². The van der Waals surface area contributed by atoms with Gasteiger partial charge in [0.05, 0.1) is 6.61 Å². The van der Waals surface area contributed by atoms with Crippen LogP contribution in [0.5, 0.6) is 0 Å².